The molecule has 2 aromatic rings. The monoisotopic (exact) mass is 566 g/mol. The number of nitrogens with zero attached hydrogens (tertiary/aromatic N) is 3. The molecule has 0 radical (unpaired) electrons. The molecule has 0 spiro atoms. The van der Waals surface area contributed by atoms with Crippen molar-refractivity contribution in [3.63, 3.8) is 0 Å². The number of benzene rings is 1. The summed E-state index contributed by atoms with van der Waals surface area (Å²) in [6.45, 7) is 8.52. The highest BCUT2D eigenvalue weighted by molar-refractivity contribution is 7.81. The van der Waals surface area contributed by atoms with Gasteiger partial charge < -0.3 is 21.1 Å². The first-order valence-corrected chi connectivity index (χ1v) is 14.8. The Bertz CT molecular complexity index is 1120. The van der Waals surface area contributed by atoms with Crippen LogP contribution in [-0.4, -0.2) is 75.0 Å². The van der Waals surface area contributed by atoms with E-state index in [4.69, 9.17) is 0 Å². The third-order valence-electron chi connectivity index (χ3n) is 8.13. The molecule has 2 fully saturated rings. The van der Waals surface area contributed by atoms with Gasteiger partial charge in [-0.25, -0.2) is 4.98 Å². The van der Waals surface area contributed by atoms with Crippen LogP contribution in [0, 0.1) is 11.8 Å². The quantitative estimate of drug-likeness (QED) is 0.198. The molecule has 2 aliphatic rings. The number of likely N-dealkylation sites (N-methyl/N-ethyl adjacent to an activating group) is 1. The summed E-state index contributed by atoms with van der Waals surface area (Å²) < 4.78 is 0. The lowest BCUT2D eigenvalue weighted by Gasteiger charge is -2.48. The molecule has 0 bridgehead atoms. The van der Waals surface area contributed by atoms with Crippen LogP contribution in [0.4, 0.5) is 0 Å². The van der Waals surface area contributed by atoms with E-state index >= 15 is 0 Å². The number of thiol groups is 1. The Morgan fingerprint density at radius 3 is 2.60 bits per heavy atom. The van der Waals surface area contributed by atoms with Crippen molar-refractivity contribution in [2.75, 3.05) is 19.6 Å². The highest BCUT2D eigenvalue weighted by Crippen LogP contribution is 2.39. The molecule has 2 heterocycles. The fraction of sp³-hybridized carbons (Fsp3) is 0.533. The summed E-state index contributed by atoms with van der Waals surface area (Å²) in [5, 5.41) is 19.4. The topological polar surface area (TPSA) is 119 Å². The number of aliphatic hydroxyl groups excluding tert-OH is 1. The van der Waals surface area contributed by atoms with Gasteiger partial charge in [0.1, 0.15) is 5.69 Å². The van der Waals surface area contributed by atoms with E-state index in [1.807, 2.05) is 30.3 Å². The summed E-state index contributed by atoms with van der Waals surface area (Å²) in [7, 11) is 0. The van der Waals surface area contributed by atoms with Crippen molar-refractivity contribution in [3.05, 3.63) is 72.5 Å². The van der Waals surface area contributed by atoms with Gasteiger partial charge in [0.15, 0.2) is 5.37 Å². The molecule has 6 unspecified atom stereocenters. The fourth-order valence-electron chi connectivity index (χ4n) is 6.07. The molecule has 1 saturated carbocycles. The molecule has 1 aliphatic carbocycles. The molecule has 6 atom stereocenters. The summed E-state index contributed by atoms with van der Waals surface area (Å²) >= 11 is 4.33. The van der Waals surface area contributed by atoms with Crippen LogP contribution in [-0.2, 0) is 11.2 Å². The van der Waals surface area contributed by atoms with Crippen LogP contribution < -0.4 is 16.0 Å². The minimum atomic E-state index is -1.13. The van der Waals surface area contributed by atoms with Gasteiger partial charge in [0.2, 0.25) is 0 Å². The maximum Gasteiger partial charge on any atom is 0.272 e. The van der Waals surface area contributed by atoms with E-state index < -0.39 is 29.3 Å². The number of likely N-dealkylation sites (tertiary alicyclic amines) is 1. The zero-order chi connectivity index (χ0) is 28.5. The molecular formula is C30H42N6O3S. The lowest BCUT2D eigenvalue weighted by atomic mass is 9.72. The third-order valence-corrected chi connectivity index (χ3v) is 8.50. The molecule has 4 rings (SSSR count). The van der Waals surface area contributed by atoms with E-state index in [0.717, 1.165) is 30.8 Å². The van der Waals surface area contributed by atoms with Gasteiger partial charge in [0.25, 0.3) is 11.8 Å². The molecule has 4 N–H and O–H groups in total. The first-order valence-electron chi connectivity index (χ1n) is 14.3. The zero-order valence-electron chi connectivity index (χ0n) is 23.2. The van der Waals surface area contributed by atoms with Gasteiger partial charge >= 0.3 is 0 Å². The molecule has 216 valence electrons. The van der Waals surface area contributed by atoms with Crippen LogP contribution in [0.3, 0.4) is 0 Å². The molecule has 10 heteroatoms. The Labute approximate surface area is 242 Å². The van der Waals surface area contributed by atoms with Crippen molar-refractivity contribution in [2.24, 2.45) is 11.8 Å². The Balaban J connectivity index is 1.47. The smallest absolute Gasteiger partial charge is 0.272 e. The van der Waals surface area contributed by atoms with Gasteiger partial charge in [0.05, 0.1) is 18.3 Å². The number of aromatic nitrogens is 2. The number of hydrogen-bond donors (Lipinski definition) is 5. The number of carbonyl (C=O) groups excluding carboxylic acids is 2. The average Bonchev–Trinajstić information content (AvgIpc) is 2.97. The zero-order valence-corrected chi connectivity index (χ0v) is 24.1. The van der Waals surface area contributed by atoms with Gasteiger partial charge in [0, 0.05) is 43.8 Å². The van der Waals surface area contributed by atoms with Crippen LogP contribution in [0.15, 0.2) is 61.2 Å². The van der Waals surface area contributed by atoms with Crippen molar-refractivity contribution in [1.82, 2.24) is 30.8 Å². The average molecular weight is 567 g/mol. The number of amides is 2. The minimum Gasteiger partial charge on any atom is -0.390 e. The van der Waals surface area contributed by atoms with Crippen LogP contribution in [0.2, 0.25) is 0 Å². The van der Waals surface area contributed by atoms with Crippen LogP contribution in [0.5, 0.6) is 0 Å². The largest absolute Gasteiger partial charge is 0.390 e. The number of piperidine rings is 1. The van der Waals surface area contributed by atoms with Crippen molar-refractivity contribution in [1.29, 1.82) is 0 Å². The number of aliphatic hydroxyl groups is 1. The maximum atomic E-state index is 13.2. The van der Waals surface area contributed by atoms with Crippen molar-refractivity contribution >= 4 is 24.4 Å². The number of β-amino-alcohol motifs (C(OH)–C–C–N with tert-alkyl or cyclic N) is 1. The summed E-state index contributed by atoms with van der Waals surface area (Å²) in [4.78, 5) is 35.9. The third kappa shape index (κ3) is 8.05. The van der Waals surface area contributed by atoms with Gasteiger partial charge in [-0.1, -0.05) is 56.2 Å². The van der Waals surface area contributed by atoms with E-state index in [2.05, 4.69) is 56.9 Å². The van der Waals surface area contributed by atoms with Gasteiger partial charge in [-0.05, 0) is 43.6 Å². The number of hydrogen-bond acceptors (Lipinski definition) is 8. The molecule has 2 amide bonds. The first-order chi connectivity index (χ1) is 19.4. The second-order valence-corrected chi connectivity index (χ2v) is 11.4. The summed E-state index contributed by atoms with van der Waals surface area (Å²) in [6, 6.07) is 9.30. The predicted octanol–water partition coefficient (Wildman–Crippen LogP) is 2.55. The fourth-order valence-corrected chi connectivity index (χ4v) is 6.26. The SMILES string of the molecule is C=C(NCC)C1CC2CCCCC2CN1CC(O)C(Cc1ccccc1)NC(=O)C(S)NC(=O)c1cnccn1. The van der Waals surface area contributed by atoms with Gasteiger partial charge in [-0.15, -0.1) is 12.6 Å². The van der Waals surface area contributed by atoms with Gasteiger partial charge in [-0.3, -0.25) is 19.5 Å². The second kappa shape index (κ2) is 14.6. The number of nitrogens with one attached hydrogen (secondary N) is 3. The molecule has 1 aromatic carbocycles. The Kier molecular flexibility index (Phi) is 11.0. The van der Waals surface area contributed by atoms with E-state index in [1.165, 1.54) is 44.3 Å². The van der Waals surface area contributed by atoms with Crippen LogP contribution in [0.25, 0.3) is 0 Å². The van der Waals surface area contributed by atoms with E-state index in [0.29, 0.717) is 24.8 Å². The highest BCUT2D eigenvalue weighted by Gasteiger charge is 2.39. The van der Waals surface area contributed by atoms with Crippen molar-refractivity contribution in [2.45, 2.75) is 69.0 Å². The Hall–Kier alpha value is -2.95. The number of rotatable bonds is 12. The standard InChI is InChI=1S/C30H42N6O3S/c1-3-32-20(2)26-16-22-11-7-8-12-23(22)18-36(26)19-27(37)24(15-21-9-5-4-6-10-21)34-29(39)30(40)35-28(38)25-17-31-13-14-33-25/h4-6,9-10,13-14,17,22-24,26-27,30,32,37,40H,2-3,7-8,11-12,15-16,18-19H2,1H3,(H,34,39)(H,35,38). The van der Waals surface area contributed by atoms with Crippen molar-refractivity contribution in [3.8, 4) is 0 Å². The summed E-state index contributed by atoms with van der Waals surface area (Å²) in [5.74, 6) is 0.251. The second-order valence-electron chi connectivity index (χ2n) is 10.9. The van der Waals surface area contributed by atoms with Crippen LogP contribution in [0.1, 0.15) is 55.1 Å². The molecule has 1 aliphatic heterocycles. The van der Waals surface area contributed by atoms with E-state index in [-0.39, 0.29) is 11.7 Å². The molecule has 1 aromatic heterocycles. The highest BCUT2D eigenvalue weighted by atomic mass is 32.1. The van der Waals surface area contributed by atoms with Crippen molar-refractivity contribution < 1.29 is 14.7 Å². The van der Waals surface area contributed by atoms with E-state index in [1.54, 1.807) is 0 Å². The Morgan fingerprint density at radius 1 is 1.15 bits per heavy atom. The summed E-state index contributed by atoms with van der Waals surface area (Å²) in [5.41, 5.74) is 2.07. The Morgan fingerprint density at radius 2 is 1.90 bits per heavy atom. The minimum absolute atomic E-state index is 0.0910. The summed E-state index contributed by atoms with van der Waals surface area (Å²) in [6.07, 6.45) is 9.83. The first kappa shape index (κ1) is 30.0. The molecule has 1 saturated heterocycles. The predicted molar refractivity (Wildman–Crippen MR) is 159 cm³/mol. The number of fused-ring (bicyclic) bond motifs is 1. The molecule has 9 nitrogen and oxygen atoms in total. The molecule has 40 heavy (non-hydrogen) atoms. The normalized spacial score (nSPS) is 23.2. The maximum absolute atomic E-state index is 13.2. The van der Waals surface area contributed by atoms with Crippen LogP contribution >= 0.6 is 12.6 Å². The van der Waals surface area contributed by atoms with E-state index in [9.17, 15) is 14.7 Å². The molecular weight excluding hydrogens is 524 g/mol. The lowest BCUT2D eigenvalue weighted by Crippen LogP contribution is -2.57. The lowest BCUT2D eigenvalue weighted by molar-refractivity contribution is -0.122. The van der Waals surface area contributed by atoms with Gasteiger partial charge in [-0.2, -0.15) is 0 Å². The number of carbonyl (C=O) groups is 2.